The van der Waals surface area contributed by atoms with Crippen molar-refractivity contribution in [3.05, 3.63) is 0 Å². The average molecular weight is 221 g/mol. The Morgan fingerprint density at radius 1 is 1.50 bits per heavy atom. The third kappa shape index (κ3) is 2.68. The first-order valence-electron chi connectivity index (χ1n) is 5.07. The molecule has 1 saturated heterocycles. The van der Waals surface area contributed by atoms with Crippen LogP contribution >= 0.6 is 0 Å². The molecule has 0 radical (unpaired) electrons. The van der Waals surface area contributed by atoms with Crippen LogP contribution in [0.4, 0.5) is 0 Å². The van der Waals surface area contributed by atoms with E-state index in [1.807, 2.05) is 13.8 Å². The van der Waals surface area contributed by atoms with E-state index in [1.54, 1.807) is 0 Å². The summed E-state index contributed by atoms with van der Waals surface area (Å²) in [5.74, 6) is 0.323. The van der Waals surface area contributed by atoms with Gasteiger partial charge in [-0.3, -0.25) is 0 Å². The number of rotatable bonds is 4. The monoisotopic (exact) mass is 221 g/mol. The summed E-state index contributed by atoms with van der Waals surface area (Å²) in [6.07, 6.45) is 1.65. The summed E-state index contributed by atoms with van der Waals surface area (Å²) in [7, 11) is -3.15. The zero-order valence-corrected chi connectivity index (χ0v) is 9.63. The Balaban J connectivity index is 2.71. The highest BCUT2D eigenvalue weighted by molar-refractivity contribution is 7.89. The minimum atomic E-state index is -3.15. The van der Waals surface area contributed by atoms with Crippen LogP contribution in [0, 0.1) is 5.92 Å². The number of hydrogen-bond donors (Lipinski definition) is 1. The lowest BCUT2D eigenvalue weighted by molar-refractivity contribution is 0.213. The quantitative estimate of drug-likeness (QED) is 0.749. The topological polar surface area (TPSA) is 57.6 Å². The zero-order chi connectivity index (χ0) is 10.8. The van der Waals surface area contributed by atoms with Gasteiger partial charge in [-0.25, -0.2) is 8.42 Å². The molecule has 1 atom stereocenters. The van der Waals surface area contributed by atoms with Gasteiger partial charge in [0.25, 0.3) is 0 Å². The largest absolute Gasteiger partial charge is 0.395 e. The molecule has 0 aromatic rings. The first-order valence-corrected chi connectivity index (χ1v) is 6.68. The fourth-order valence-corrected chi connectivity index (χ4v) is 3.94. The summed E-state index contributed by atoms with van der Waals surface area (Å²) in [5, 5.41) is 9.03. The number of aliphatic hydroxyl groups is 1. The third-order valence-corrected chi connectivity index (χ3v) is 4.72. The molecule has 0 aliphatic carbocycles. The molecule has 0 spiro atoms. The van der Waals surface area contributed by atoms with E-state index >= 15 is 0 Å². The Morgan fingerprint density at radius 3 is 2.64 bits per heavy atom. The van der Waals surface area contributed by atoms with Crippen molar-refractivity contribution in [3.8, 4) is 0 Å². The van der Waals surface area contributed by atoms with Gasteiger partial charge in [0.05, 0.1) is 12.4 Å². The van der Waals surface area contributed by atoms with Gasteiger partial charge >= 0.3 is 0 Å². The van der Waals surface area contributed by atoms with Crippen molar-refractivity contribution in [2.75, 3.05) is 18.9 Å². The van der Waals surface area contributed by atoms with Gasteiger partial charge in [0.1, 0.15) is 0 Å². The molecule has 1 aliphatic rings. The van der Waals surface area contributed by atoms with Crippen molar-refractivity contribution < 1.29 is 13.5 Å². The Morgan fingerprint density at radius 2 is 2.14 bits per heavy atom. The highest BCUT2D eigenvalue weighted by Crippen LogP contribution is 2.21. The van der Waals surface area contributed by atoms with Crippen LogP contribution in [-0.4, -0.2) is 42.8 Å². The maximum atomic E-state index is 11.8. The van der Waals surface area contributed by atoms with E-state index in [9.17, 15) is 8.42 Å². The van der Waals surface area contributed by atoms with Gasteiger partial charge in [-0.1, -0.05) is 13.8 Å². The first kappa shape index (κ1) is 11.9. The molecule has 5 heteroatoms. The number of nitrogens with zero attached hydrogens (tertiary/aromatic N) is 1. The van der Waals surface area contributed by atoms with Crippen LogP contribution < -0.4 is 0 Å². The smallest absolute Gasteiger partial charge is 0.214 e. The highest BCUT2D eigenvalue weighted by Gasteiger charge is 2.33. The molecule has 4 nitrogen and oxygen atoms in total. The van der Waals surface area contributed by atoms with Crippen LogP contribution in [-0.2, 0) is 10.0 Å². The van der Waals surface area contributed by atoms with E-state index in [0.717, 1.165) is 12.8 Å². The molecule has 0 aromatic carbocycles. The first-order chi connectivity index (χ1) is 6.47. The predicted octanol–water partition coefficient (Wildman–Crippen LogP) is 0.429. The summed E-state index contributed by atoms with van der Waals surface area (Å²) in [5.41, 5.74) is 0. The normalized spacial score (nSPS) is 24.7. The Labute approximate surface area is 86.0 Å². The second kappa shape index (κ2) is 4.59. The third-order valence-electron chi connectivity index (χ3n) is 2.44. The highest BCUT2D eigenvalue weighted by atomic mass is 32.2. The SMILES string of the molecule is CC(C)CS(=O)(=O)N1CCC[C@@H]1CO. The van der Waals surface area contributed by atoms with Gasteiger partial charge in [-0.05, 0) is 18.8 Å². The van der Waals surface area contributed by atoms with Crippen LogP contribution in [0.2, 0.25) is 0 Å². The lowest BCUT2D eigenvalue weighted by atomic mass is 10.2. The van der Waals surface area contributed by atoms with Crippen molar-refractivity contribution in [3.63, 3.8) is 0 Å². The van der Waals surface area contributed by atoms with Crippen molar-refractivity contribution in [2.24, 2.45) is 5.92 Å². The second-order valence-electron chi connectivity index (χ2n) is 4.26. The molecule has 0 saturated carbocycles. The predicted molar refractivity (Wildman–Crippen MR) is 55.4 cm³/mol. The summed E-state index contributed by atoms with van der Waals surface area (Å²) < 4.78 is 25.1. The van der Waals surface area contributed by atoms with Gasteiger partial charge in [-0.2, -0.15) is 4.31 Å². The van der Waals surface area contributed by atoms with Gasteiger partial charge in [0, 0.05) is 12.6 Å². The van der Waals surface area contributed by atoms with E-state index in [0.29, 0.717) is 6.54 Å². The summed E-state index contributed by atoms with van der Waals surface area (Å²) >= 11 is 0. The Bertz CT molecular complexity index is 274. The molecular weight excluding hydrogens is 202 g/mol. The molecule has 1 aliphatic heterocycles. The van der Waals surface area contributed by atoms with E-state index in [2.05, 4.69) is 0 Å². The molecule has 84 valence electrons. The van der Waals surface area contributed by atoms with Crippen LogP contribution in [0.25, 0.3) is 0 Å². The molecular formula is C9H19NO3S. The maximum absolute atomic E-state index is 11.8. The van der Waals surface area contributed by atoms with Gasteiger partial charge in [0.15, 0.2) is 0 Å². The minimum absolute atomic E-state index is 0.0582. The molecule has 1 N–H and O–H groups in total. The summed E-state index contributed by atoms with van der Waals surface area (Å²) in [6, 6.07) is -0.182. The van der Waals surface area contributed by atoms with Gasteiger partial charge in [-0.15, -0.1) is 0 Å². The molecule has 0 aromatic heterocycles. The molecule has 0 amide bonds. The molecule has 14 heavy (non-hydrogen) atoms. The van der Waals surface area contributed by atoms with Crippen molar-refractivity contribution in [1.82, 2.24) is 4.31 Å². The minimum Gasteiger partial charge on any atom is -0.395 e. The van der Waals surface area contributed by atoms with Crippen LogP contribution in [0.1, 0.15) is 26.7 Å². The zero-order valence-electron chi connectivity index (χ0n) is 8.81. The maximum Gasteiger partial charge on any atom is 0.214 e. The van der Waals surface area contributed by atoms with Crippen molar-refractivity contribution in [2.45, 2.75) is 32.7 Å². The van der Waals surface area contributed by atoms with Gasteiger partial charge < -0.3 is 5.11 Å². The fraction of sp³-hybridized carbons (Fsp3) is 1.00. The fourth-order valence-electron chi connectivity index (χ4n) is 1.87. The van der Waals surface area contributed by atoms with E-state index in [4.69, 9.17) is 5.11 Å². The van der Waals surface area contributed by atoms with Crippen LogP contribution in [0.5, 0.6) is 0 Å². The number of sulfonamides is 1. The molecule has 1 fully saturated rings. The Hall–Kier alpha value is -0.130. The number of aliphatic hydroxyl groups excluding tert-OH is 1. The standard InChI is InChI=1S/C9H19NO3S/c1-8(2)7-14(12,13)10-5-3-4-9(10)6-11/h8-9,11H,3-7H2,1-2H3/t9-/m1/s1. The second-order valence-corrected chi connectivity index (χ2v) is 6.23. The van der Waals surface area contributed by atoms with Crippen molar-refractivity contribution >= 4 is 10.0 Å². The average Bonchev–Trinajstić information content (AvgIpc) is 2.48. The van der Waals surface area contributed by atoms with Crippen LogP contribution in [0.3, 0.4) is 0 Å². The van der Waals surface area contributed by atoms with E-state index < -0.39 is 10.0 Å². The van der Waals surface area contributed by atoms with E-state index in [-0.39, 0.29) is 24.3 Å². The Kier molecular flexibility index (Phi) is 3.92. The summed E-state index contributed by atoms with van der Waals surface area (Å²) in [4.78, 5) is 0. The molecule has 0 bridgehead atoms. The summed E-state index contributed by atoms with van der Waals surface area (Å²) in [6.45, 7) is 4.29. The molecule has 1 heterocycles. The number of hydrogen-bond acceptors (Lipinski definition) is 3. The van der Waals surface area contributed by atoms with E-state index in [1.165, 1.54) is 4.31 Å². The lowest BCUT2D eigenvalue weighted by Crippen LogP contribution is -2.39. The van der Waals surface area contributed by atoms with Gasteiger partial charge in [0.2, 0.25) is 10.0 Å². The van der Waals surface area contributed by atoms with Crippen molar-refractivity contribution in [1.29, 1.82) is 0 Å². The van der Waals surface area contributed by atoms with Crippen LogP contribution in [0.15, 0.2) is 0 Å². The molecule has 0 unspecified atom stereocenters. The molecule has 1 rings (SSSR count). The lowest BCUT2D eigenvalue weighted by Gasteiger charge is -2.23.